The van der Waals surface area contributed by atoms with E-state index in [1.165, 1.54) is 6.42 Å². The number of allylic oxidation sites excluding steroid dienone is 1. The first-order chi connectivity index (χ1) is 12.8. The molecule has 0 saturated heterocycles. The predicted molar refractivity (Wildman–Crippen MR) is 102 cm³/mol. The molecular formula is C21H20N4O. The lowest BCUT2D eigenvalue weighted by molar-refractivity contribution is 0.415. The number of aryl methyl sites for hydroxylation is 1. The molecule has 0 radical (unpaired) electrons. The Morgan fingerprint density at radius 1 is 1.12 bits per heavy atom. The number of aromatic nitrogens is 3. The van der Waals surface area contributed by atoms with Crippen LogP contribution in [-0.2, 0) is 13.0 Å². The van der Waals surface area contributed by atoms with E-state index in [4.69, 9.17) is 4.74 Å². The average Bonchev–Trinajstić information content (AvgIpc) is 2.93. The Labute approximate surface area is 152 Å². The van der Waals surface area contributed by atoms with E-state index in [-0.39, 0.29) is 0 Å². The van der Waals surface area contributed by atoms with E-state index in [1.807, 2.05) is 36.4 Å². The minimum atomic E-state index is 0.554. The number of nitriles is 1. The fourth-order valence-electron chi connectivity index (χ4n) is 3.46. The summed E-state index contributed by atoms with van der Waals surface area (Å²) in [6.07, 6.45) is 6.27. The minimum absolute atomic E-state index is 0.554. The summed E-state index contributed by atoms with van der Waals surface area (Å²) >= 11 is 0. The number of hydrogen-bond donors (Lipinski definition) is 0. The quantitative estimate of drug-likeness (QED) is 0.667. The highest BCUT2D eigenvalue weighted by Gasteiger charge is 2.17. The Balaban J connectivity index is 1.73. The summed E-state index contributed by atoms with van der Waals surface area (Å²) in [5, 5.41) is 20.5. The van der Waals surface area contributed by atoms with Gasteiger partial charge in [-0.05, 0) is 53.5 Å². The fourth-order valence-corrected chi connectivity index (χ4v) is 3.46. The van der Waals surface area contributed by atoms with Crippen LogP contribution in [0.25, 0.3) is 22.4 Å². The van der Waals surface area contributed by atoms with Crippen molar-refractivity contribution in [2.75, 3.05) is 7.11 Å². The van der Waals surface area contributed by atoms with E-state index < -0.39 is 0 Å². The molecule has 2 aromatic carbocycles. The van der Waals surface area contributed by atoms with Gasteiger partial charge in [0.15, 0.2) is 5.82 Å². The van der Waals surface area contributed by atoms with Crippen molar-refractivity contribution in [2.45, 2.75) is 32.2 Å². The van der Waals surface area contributed by atoms with Crippen LogP contribution in [-0.4, -0.2) is 21.9 Å². The van der Waals surface area contributed by atoms with Gasteiger partial charge in [-0.2, -0.15) is 5.26 Å². The van der Waals surface area contributed by atoms with E-state index >= 15 is 0 Å². The molecule has 1 aliphatic rings. The highest BCUT2D eigenvalue weighted by molar-refractivity contribution is 5.91. The van der Waals surface area contributed by atoms with E-state index in [9.17, 15) is 5.26 Å². The van der Waals surface area contributed by atoms with E-state index in [2.05, 4.69) is 26.9 Å². The lowest BCUT2D eigenvalue weighted by Gasteiger charge is -2.06. The number of benzene rings is 2. The van der Waals surface area contributed by atoms with Gasteiger partial charge in [0.05, 0.1) is 12.7 Å². The van der Waals surface area contributed by atoms with Gasteiger partial charge in [0.1, 0.15) is 17.6 Å². The molecule has 5 heteroatoms. The highest BCUT2D eigenvalue weighted by atomic mass is 16.5. The number of nitrogens with zero attached hydrogens (tertiary/aromatic N) is 4. The smallest absolute Gasteiger partial charge is 0.174 e. The second kappa shape index (κ2) is 7.01. The van der Waals surface area contributed by atoms with Crippen molar-refractivity contribution < 1.29 is 4.74 Å². The molecule has 0 amide bonds. The van der Waals surface area contributed by atoms with E-state index in [1.54, 1.807) is 7.11 Å². The summed E-state index contributed by atoms with van der Waals surface area (Å²) in [6, 6.07) is 14.4. The van der Waals surface area contributed by atoms with Gasteiger partial charge in [0.2, 0.25) is 0 Å². The summed E-state index contributed by atoms with van der Waals surface area (Å²) in [5.41, 5.74) is 1.53. The molecule has 0 bridgehead atoms. The Morgan fingerprint density at radius 2 is 1.96 bits per heavy atom. The second-order valence-electron chi connectivity index (χ2n) is 6.54. The molecule has 0 atom stereocenters. The molecule has 0 spiro atoms. The van der Waals surface area contributed by atoms with Crippen molar-refractivity contribution in [3.63, 3.8) is 0 Å². The zero-order chi connectivity index (χ0) is 17.9. The lowest BCUT2D eigenvalue weighted by Crippen LogP contribution is -2.05. The van der Waals surface area contributed by atoms with Crippen LogP contribution >= 0.6 is 0 Å². The summed E-state index contributed by atoms with van der Waals surface area (Å²) in [5.74, 6) is 2.51. The van der Waals surface area contributed by atoms with Crippen molar-refractivity contribution in [1.82, 2.24) is 14.8 Å². The van der Waals surface area contributed by atoms with E-state index in [0.717, 1.165) is 53.7 Å². The summed E-state index contributed by atoms with van der Waals surface area (Å²) in [6.45, 7) is 0.883. The first-order valence-electron chi connectivity index (χ1n) is 8.90. The molecule has 1 aliphatic heterocycles. The molecular weight excluding hydrogens is 324 g/mol. The highest BCUT2D eigenvalue weighted by Crippen LogP contribution is 2.25. The van der Waals surface area contributed by atoms with Crippen LogP contribution in [0.5, 0.6) is 5.75 Å². The van der Waals surface area contributed by atoms with Crippen LogP contribution in [0.3, 0.4) is 0 Å². The Morgan fingerprint density at radius 3 is 2.81 bits per heavy atom. The zero-order valence-corrected chi connectivity index (χ0v) is 14.8. The molecule has 4 rings (SSSR count). The van der Waals surface area contributed by atoms with Gasteiger partial charge < -0.3 is 9.30 Å². The Bertz CT molecular complexity index is 1030. The minimum Gasteiger partial charge on any atom is -0.497 e. The standard InChI is InChI=1S/C21H20N4O/c1-26-19-9-8-16-11-15(6-7-17(16)13-19)12-18(14-22)21-24-23-20-5-3-2-4-10-25(20)21/h6-9,11-13H,2-5,10H2,1H3. The van der Waals surface area contributed by atoms with Crippen LogP contribution in [0.15, 0.2) is 36.4 Å². The van der Waals surface area contributed by atoms with Crippen molar-refractivity contribution in [3.05, 3.63) is 53.6 Å². The van der Waals surface area contributed by atoms with Gasteiger partial charge in [-0.15, -0.1) is 10.2 Å². The number of ether oxygens (including phenoxy) is 1. The maximum Gasteiger partial charge on any atom is 0.174 e. The van der Waals surface area contributed by atoms with Crippen molar-refractivity contribution in [3.8, 4) is 11.8 Å². The van der Waals surface area contributed by atoms with Crippen LogP contribution in [0.1, 0.15) is 36.5 Å². The van der Waals surface area contributed by atoms with Crippen molar-refractivity contribution >= 4 is 22.4 Å². The van der Waals surface area contributed by atoms with Gasteiger partial charge in [0.25, 0.3) is 0 Å². The van der Waals surface area contributed by atoms with Crippen molar-refractivity contribution in [1.29, 1.82) is 5.26 Å². The molecule has 2 heterocycles. The average molecular weight is 344 g/mol. The summed E-state index contributed by atoms with van der Waals surface area (Å²) in [4.78, 5) is 0. The maximum atomic E-state index is 9.70. The summed E-state index contributed by atoms with van der Waals surface area (Å²) < 4.78 is 7.38. The van der Waals surface area contributed by atoms with E-state index in [0.29, 0.717) is 11.4 Å². The molecule has 5 nitrogen and oxygen atoms in total. The van der Waals surface area contributed by atoms with Crippen molar-refractivity contribution in [2.24, 2.45) is 0 Å². The van der Waals surface area contributed by atoms with Crippen LogP contribution < -0.4 is 4.74 Å². The van der Waals surface area contributed by atoms with Crippen LogP contribution in [0.2, 0.25) is 0 Å². The molecule has 0 fully saturated rings. The normalized spacial score (nSPS) is 14.5. The largest absolute Gasteiger partial charge is 0.497 e. The molecule has 0 saturated carbocycles. The molecule has 3 aromatic rings. The molecule has 0 unspecified atom stereocenters. The number of rotatable bonds is 3. The van der Waals surface area contributed by atoms with Gasteiger partial charge in [-0.1, -0.05) is 24.6 Å². The monoisotopic (exact) mass is 344 g/mol. The van der Waals surface area contributed by atoms with Crippen LogP contribution in [0, 0.1) is 11.3 Å². The molecule has 0 aliphatic carbocycles. The topological polar surface area (TPSA) is 63.7 Å². The van der Waals surface area contributed by atoms with Gasteiger partial charge >= 0.3 is 0 Å². The lowest BCUT2D eigenvalue weighted by atomic mass is 10.0. The molecule has 26 heavy (non-hydrogen) atoms. The predicted octanol–water partition coefficient (Wildman–Crippen LogP) is 4.23. The maximum absolute atomic E-state index is 9.70. The Hall–Kier alpha value is -3.13. The number of methoxy groups -OCH3 is 1. The first-order valence-corrected chi connectivity index (χ1v) is 8.90. The molecule has 1 aromatic heterocycles. The van der Waals surface area contributed by atoms with Gasteiger partial charge in [-0.25, -0.2) is 0 Å². The summed E-state index contributed by atoms with van der Waals surface area (Å²) in [7, 11) is 1.67. The fraction of sp³-hybridized carbons (Fsp3) is 0.286. The SMILES string of the molecule is COc1ccc2cc(C=C(C#N)c3nnc4n3CCCCC4)ccc2c1. The first kappa shape index (κ1) is 16.3. The third kappa shape index (κ3) is 3.06. The van der Waals surface area contributed by atoms with Crippen LogP contribution in [0.4, 0.5) is 0 Å². The molecule has 0 N–H and O–H groups in total. The number of hydrogen-bond acceptors (Lipinski definition) is 4. The number of fused-ring (bicyclic) bond motifs is 2. The zero-order valence-electron chi connectivity index (χ0n) is 14.8. The van der Waals surface area contributed by atoms with Gasteiger partial charge in [0, 0.05) is 13.0 Å². The molecule has 130 valence electrons. The second-order valence-corrected chi connectivity index (χ2v) is 6.54. The third-order valence-electron chi connectivity index (χ3n) is 4.85. The Kier molecular flexibility index (Phi) is 4.40. The third-order valence-corrected chi connectivity index (χ3v) is 4.85. The van der Waals surface area contributed by atoms with Gasteiger partial charge in [-0.3, -0.25) is 0 Å².